The van der Waals surface area contributed by atoms with Gasteiger partial charge in [-0.15, -0.1) is 0 Å². The zero-order valence-corrected chi connectivity index (χ0v) is 10.3. The number of benzene rings is 1. The van der Waals surface area contributed by atoms with Crippen LogP contribution in [0.4, 0.5) is 5.69 Å². The van der Waals surface area contributed by atoms with Crippen molar-refractivity contribution in [1.82, 2.24) is 10.0 Å². The Bertz CT molecular complexity index is 552. The minimum absolute atomic E-state index is 0.0800. The van der Waals surface area contributed by atoms with Gasteiger partial charge in [0.2, 0.25) is 10.0 Å². The van der Waals surface area contributed by atoms with E-state index in [9.17, 15) is 18.5 Å². The molecule has 8 heteroatoms. The molecule has 98 valence electrons. The monoisotopic (exact) mass is 271 g/mol. The summed E-state index contributed by atoms with van der Waals surface area (Å²) in [6, 6.07) is 4.87. The van der Waals surface area contributed by atoms with Crippen molar-refractivity contribution in [1.29, 1.82) is 0 Å². The highest BCUT2D eigenvalue weighted by atomic mass is 32.2. The first-order valence-corrected chi connectivity index (χ1v) is 6.95. The lowest BCUT2D eigenvalue weighted by Crippen LogP contribution is -2.36. The van der Waals surface area contributed by atoms with Gasteiger partial charge in [-0.05, 0) is 19.0 Å². The van der Waals surface area contributed by atoms with Gasteiger partial charge in [0, 0.05) is 24.7 Å². The number of nitrogens with zero attached hydrogens (tertiary/aromatic N) is 1. The Morgan fingerprint density at radius 2 is 2.22 bits per heavy atom. The van der Waals surface area contributed by atoms with Crippen LogP contribution in [0.15, 0.2) is 29.2 Å². The highest BCUT2D eigenvalue weighted by Gasteiger charge is 2.23. The van der Waals surface area contributed by atoms with Crippen molar-refractivity contribution < 1.29 is 13.3 Å². The number of nitro groups is 1. The zero-order chi connectivity index (χ0) is 13.2. The lowest BCUT2D eigenvalue weighted by Gasteiger charge is -2.11. The molecule has 1 aliphatic rings. The van der Waals surface area contributed by atoms with Crippen molar-refractivity contribution in [3.05, 3.63) is 34.4 Å². The van der Waals surface area contributed by atoms with E-state index in [2.05, 4.69) is 10.0 Å². The Kier molecular flexibility index (Phi) is 3.60. The molecule has 1 fully saturated rings. The third-order valence-corrected chi connectivity index (χ3v) is 4.24. The van der Waals surface area contributed by atoms with Crippen LogP contribution < -0.4 is 10.0 Å². The molecule has 1 atom stereocenters. The van der Waals surface area contributed by atoms with Gasteiger partial charge in [0.25, 0.3) is 5.69 Å². The van der Waals surface area contributed by atoms with E-state index >= 15 is 0 Å². The molecule has 0 spiro atoms. The van der Waals surface area contributed by atoms with Crippen molar-refractivity contribution >= 4 is 15.7 Å². The van der Waals surface area contributed by atoms with Crippen molar-refractivity contribution in [2.45, 2.75) is 17.4 Å². The molecule has 7 nitrogen and oxygen atoms in total. The molecular weight excluding hydrogens is 258 g/mol. The summed E-state index contributed by atoms with van der Waals surface area (Å²) in [6.07, 6.45) is 0.716. The van der Waals surface area contributed by atoms with E-state index in [-0.39, 0.29) is 16.6 Å². The Morgan fingerprint density at radius 1 is 1.44 bits per heavy atom. The van der Waals surface area contributed by atoms with Crippen molar-refractivity contribution in [3.8, 4) is 0 Å². The van der Waals surface area contributed by atoms with Crippen LogP contribution in [0.25, 0.3) is 0 Å². The number of nitrogens with one attached hydrogen (secondary N) is 2. The maximum Gasteiger partial charge on any atom is 0.270 e. The lowest BCUT2D eigenvalue weighted by molar-refractivity contribution is -0.385. The van der Waals surface area contributed by atoms with Gasteiger partial charge in [-0.3, -0.25) is 10.1 Å². The quantitative estimate of drug-likeness (QED) is 0.603. The van der Waals surface area contributed by atoms with Crippen LogP contribution >= 0.6 is 0 Å². The lowest BCUT2D eigenvalue weighted by atomic mass is 10.3. The van der Waals surface area contributed by atoms with Crippen molar-refractivity contribution in [3.63, 3.8) is 0 Å². The summed E-state index contributed by atoms with van der Waals surface area (Å²) in [5.74, 6) is 0. The molecule has 2 N–H and O–H groups in total. The first kappa shape index (κ1) is 12.9. The molecule has 0 aromatic heterocycles. The summed E-state index contributed by atoms with van der Waals surface area (Å²) in [5.41, 5.74) is -0.234. The fourth-order valence-electron chi connectivity index (χ4n) is 1.81. The van der Waals surface area contributed by atoms with Gasteiger partial charge in [-0.25, -0.2) is 13.1 Å². The van der Waals surface area contributed by atoms with E-state index < -0.39 is 14.9 Å². The number of rotatable bonds is 4. The third kappa shape index (κ3) is 2.84. The SMILES string of the molecule is O=[N+]([O-])c1cccc(S(=O)(=O)N[C@H]2CCNC2)c1. The first-order chi connectivity index (χ1) is 8.49. The summed E-state index contributed by atoms with van der Waals surface area (Å²) in [4.78, 5) is 9.91. The number of nitro benzene ring substituents is 1. The summed E-state index contributed by atoms with van der Waals surface area (Å²) in [5, 5.41) is 13.6. The summed E-state index contributed by atoms with van der Waals surface area (Å²) >= 11 is 0. The second kappa shape index (κ2) is 5.01. The molecule has 2 rings (SSSR count). The maximum atomic E-state index is 12.0. The molecule has 0 unspecified atom stereocenters. The van der Waals surface area contributed by atoms with E-state index in [1.807, 2.05) is 0 Å². The van der Waals surface area contributed by atoms with Gasteiger partial charge < -0.3 is 5.32 Å². The van der Waals surface area contributed by atoms with Gasteiger partial charge in [-0.2, -0.15) is 0 Å². The predicted molar refractivity (Wildman–Crippen MR) is 64.7 cm³/mol. The molecule has 1 aliphatic heterocycles. The Balaban J connectivity index is 2.23. The van der Waals surface area contributed by atoms with Gasteiger partial charge in [-0.1, -0.05) is 6.07 Å². The van der Waals surface area contributed by atoms with Crippen LogP contribution in [0.1, 0.15) is 6.42 Å². The second-order valence-corrected chi connectivity index (χ2v) is 5.78. The molecule has 0 amide bonds. The number of non-ortho nitro benzene ring substituents is 1. The highest BCUT2D eigenvalue weighted by Crippen LogP contribution is 2.17. The zero-order valence-electron chi connectivity index (χ0n) is 9.50. The topological polar surface area (TPSA) is 101 Å². The maximum absolute atomic E-state index is 12.0. The molecule has 0 bridgehead atoms. The van der Waals surface area contributed by atoms with Crippen LogP contribution in [0.5, 0.6) is 0 Å². The third-order valence-electron chi connectivity index (χ3n) is 2.72. The van der Waals surface area contributed by atoms with Gasteiger partial charge in [0.05, 0.1) is 9.82 Å². The molecule has 18 heavy (non-hydrogen) atoms. The van der Waals surface area contributed by atoms with E-state index in [1.54, 1.807) is 0 Å². The van der Waals surface area contributed by atoms with E-state index in [0.717, 1.165) is 12.6 Å². The van der Waals surface area contributed by atoms with Crippen LogP contribution in [-0.4, -0.2) is 32.5 Å². The molecule has 1 saturated heterocycles. The van der Waals surface area contributed by atoms with Crippen molar-refractivity contribution in [2.24, 2.45) is 0 Å². The summed E-state index contributed by atoms with van der Waals surface area (Å²) in [6.45, 7) is 1.34. The number of hydrogen-bond acceptors (Lipinski definition) is 5. The van der Waals surface area contributed by atoms with Gasteiger partial charge in [0.1, 0.15) is 0 Å². The Morgan fingerprint density at radius 3 is 2.83 bits per heavy atom. The molecule has 0 radical (unpaired) electrons. The van der Waals surface area contributed by atoms with E-state index in [1.165, 1.54) is 18.2 Å². The highest BCUT2D eigenvalue weighted by molar-refractivity contribution is 7.89. The van der Waals surface area contributed by atoms with Crippen LogP contribution in [0, 0.1) is 10.1 Å². The largest absolute Gasteiger partial charge is 0.315 e. The van der Waals surface area contributed by atoms with Gasteiger partial charge >= 0.3 is 0 Å². The normalized spacial score (nSPS) is 19.9. The first-order valence-electron chi connectivity index (χ1n) is 5.46. The second-order valence-electron chi connectivity index (χ2n) is 4.07. The van der Waals surface area contributed by atoms with Gasteiger partial charge in [0.15, 0.2) is 0 Å². The fourth-order valence-corrected chi connectivity index (χ4v) is 3.12. The van der Waals surface area contributed by atoms with Crippen LogP contribution in [-0.2, 0) is 10.0 Å². The minimum Gasteiger partial charge on any atom is -0.315 e. The summed E-state index contributed by atoms with van der Waals surface area (Å²) in [7, 11) is -3.69. The Hall–Kier alpha value is -1.51. The van der Waals surface area contributed by atoms with Crippen molar-refractivity contribution in [2.75, 3.05) is 13.1 Å². The van der Waals surface area contributed by atoms with E-state index in [4.69, 9.17) is 0 Å². The minimum atomic E-state index is -3.69. The Labute approximate surface area is 104 Å². The number of sulfonamides is 1. The van der Waals surface area contributed by atoms with E-state index in [0.29, 0.717) is 13.0 Å². The molecule has 0 aliphatic carbocycles. The molecule has 1 aromatic rings. The van der Waals surface area contributed by atoms with Crippen LogP contribution in [0.2, 0.25) is 0 Å². The molecule has 0 saturated carbocycles. The summed E-state index contributed by atoms with van der Waals surface area (Å²) < 4.78 is 26.5. The molecular formula is C10H13N3O4S. The smallest absolute Gasteiger partial charge is 0.270 e. The predicted octanol–water partition coefficient (Wildman–Crippen LogP) is 0.235. The average Bonchev–Trinajstić information content (AvgIpc) is 2.81. The standard InChI is InChI=1S/C10H13N3O4S/c14-13(15)9-2-1-3-10(6-9)18(16,17)12-8-4-5-11-7-8/h1-3,6,8,11-12H,4-5,7H2/t8-/m0/s1. The molecule has 1 heterocycles. The fraction of sp³-hybridized carbons (Fsp3) is 0.400. The molecule has 1 aromatic carbocycles. The number of hydrogen-bond donors (Lipinski definition) is 2. The van der Waals surface area contributed by atoms with Crippen LogP contribution in [0.3, 0.4) is 0 Å². The average molecular weight is 271 g/mol.